The molecule has 0 spiro atoms. The Hall–Kier alpha value is -3.23. The molecule has 2 aromatic rings. The summed E-state index contributed by atoms with van der Waals surface area (Å²) in [5, 5.41) is 16.6. The third kappa shape index (κ3) is 3.16. The summed E-state index contributed by atoms with van der Waals surface area (Å²) in [7, 11) is 2.67. The van der Waals surface area contributed by atoms with Crippen LogP contribution >= 0.6 is 0 Å². The molecule has 0 saturated carbocycles. The normalized spacial score (nSPS) is 17.4. The van der Waals surface area contributed by atoms with Gasteiger partial charge < -0.3 is 14.4 Å². The summed E-state index contributed by atoms with van der Waals surface area (Å²) in [5.74, 6) is -8.42. The van der Waals surface area contributed by atoms with Gasteiger partial charge in [-0.15, -0.1) is 10.2 Å². The van der Waals surface area contributed by atoms with Gasteiger partial charge in [0.15, 0.2) is 5.69 Å². The third-order valence-electron chi connectivity index (χ3n) is 3.92. The van der Waals surface area contributed by atoms with Gasteiger partial charge in [0.2, 0.25) is 5.88 Å². The Morgan fingerprint density at radius 1 is 1.11 bits per heavy atom. The fourth-order valence-corrected chi connectivity index (χ4v) is 2.55. The Morgan fingerprint density at radius 2 is 1.78 bits per heavy atom. The fraction of sp³-hybridized carbons (Fsp3) is 0.400. The van der Waals surface area contributed by atoms with Gasteiger partial charge in [-0.2, -0.15) is 27.8 Å². The van der Waals surface area contributed by atoms with E-state index in [0.29, 0.717) is 4.90 Å². The molecule has 3 heterocycles. The van der Waals surface area contributed by atoms with Crippen LogP contribution in [0.25, 0.3) is 11.3 Å². The van der Waals surface area contributed by atoms with E-state index in [1.807, 2.05) is 0 Å². The van der Waals surface area contributed by atoms with Gasteiger partial charge in [0.05, 0.1) is 38.6 Å². The second-order valence-corrected chi connectivity index (χ2v) is 5.62. The van der Waals surface area contributed by atoms with E-state index < -0.39 is 24.9 Å². The van der Waals surface area contributed by atoms with Crippen LogP contribution in [0.15, 0.2) is 12.3 Å². The molecule has 0 radical (unpaired) electrons. The second-order valence-electron chi connectivity index (χ2n) is 5.62. The predicted molar refractivity (Wildman–Crippen MR) is 83.0 cm³/mol. The minimum atomic E-state index is -4.23. The molecule has 12 heteroatoms. The zero-order valence-corrected chi connectivity index (χ0v) is 14.1. The molecule has 0 aliphatic carbocycles. The van der Waals surface area contributed by atoms with Crippen LogP contribution in [-0.4, -0.2) is 59.3 Å². The number of aromatic nitrogens is 4. The smallest absolute Gasteiger partial charge is 0.329 e. The Morgan fingerprint density at radius 3 is 2.33 bits per heavy atom. The van der Waals surface area contributed by atoms with Gasteiger partial charge in [-0.25, -0.2) is 4.98 Å². The van der Waals surface area contributed by atoms with Gasteiger partial charge in [-0.1, -0.05) is 0 Å². The minimum Gasteiger partial charge on any atom is -0.480 e. The first kappa shape index (κ1) is 18.6. The lowest BCUT2D eigenvalue weighted by Crippen LogP contribution is -2.38. The van der Waals surface area contributed by atoms with Crippen LogP contribution < -0.4 is 14.4 Å². The number of hydrogen-bond donors (Lipinski definition) is 0. The van der Waals surface area contributed by atoms with E-state index in [0.717, 1.165) is 0 Å². The lowest BCUT2D eigenvalue weighted by Gasteiger charge is -2.18. The summed E-state index contributed by atoms with van der Waals surface area (Å²) in [6, 6.07) is 2.87. The highest BCUT2D eigenvalue weighted by molar-refractivity contribution is 5.70. The molecule has 0 aromatic carbocycles. The first-order valence-corrected chi connectivity index (χ1v) is 7.46. The maximum absolute atomic E-state index is 13.6. The van der Waals surface area contributed by atoms with Crippen molar-refractivity contribution in [2.45, 2.75) is 11.8 Å². The topological polar surface area (TPSA) is 97.1 Å². The van der Waals surface area contributed by atoms with Gasteiger partial charge in [0, 0.05) is 6.20 Å². The maximum atomic E-state index is 13.6. The number of hydrogen-bond acceptors (Lipinski definition) is 8. The lowest BCUT2D eigenvalue weighted by atomic mass is 10.2. The Kier molecular flexibility index (Phi) is 4.46. The van der Waals surface area contributed by atoms with E-state index in [-0.39, 0.29) is 34.5 Å². The molecular formula is C15H12F4N6O2. The summed E-state index contributed by atoms with van der Waals surface area (Å²) in [6.07, 6.45) is 1.29. The molecule has 8 nitrogen and oxygen atoms in total. The molecule has 0 N–H and O–H groups in total. The SMILES string of the molecule is COc1ncc(-c2cc(N3CC(F)(F)C(F)(F)C3)c(C#N)nn2)c(OC)n1. The van der Waals surface area contributed by atoms with Crippen LogP contribution in [0.3, 0.4) is 0 Å². The number of methoxy groups -OCH3 is 2. The molecule has 2 aromatic heterocycles. The monoisotopic (exact) mass is 384 g/mol. The second kappa shape index (κ2) is 6.49. The van der Waals surface area contributed by atoms with Crippen LogP contribution in [-0.2, 0) is 0 Å². The van der Waals surface area contributed by atoms with Crippen LogP contribution in [0, 0.1) is 11.3 Å². The van der Waals surface area contributed by atoms with Crippen molar-refractivity contribution in [1.82, 2.24) is 20.2 Å². The molecule has 0 amide bonds. The van der Waals surface area contributed by atoms with E-state index in [4.69, 9.17) is 14.7 Å². The van der Waals surface area contributed by atoms with E-state index in [2.05, 4.69) is 20.2 Å². The largest absolute Gasteiger partial charge is 0.480 e. The first-order valence-electron chi connectivity index (χ1n) is 7.46. The summed E-state index contributed by atoms with van der Waals surface area (Å²) in [4.78, 5) is 8.56. The number of rotatable bonds is 4. The zero-order valence-electron chi connectivity index (χ0n) is 14.1. The average Bonchev–Trinajstić information content (AvgIpc) is 2.87. The average molecular weight is 384 g/mol. The van der Waals surface area contributed by atoms with Crippen molar-refractivity contribution in [3.63, 3.8) is 0 Å². The van der Waals surface area contributed by atoms with E-state index in [1.54, 1.807) is 6.07 Å². The highest BCUT2D eigenvalue weighted by Gasteiger charge is 2.63. The van der Waals surface area contributed by atoms with Gasteiger partial charge in [-0.3, -0.25) is 0 Å². The molecule has 0 unspecified atom stereocenters. The molecule has 0 atom stereocenters. The zero-order chi connectivity index (χ0) is 19.8. The van der Waals surface area contributed by atoms with Crippen molar-refractivity contribution in [1.29, 1.82) is 5.26 Å². The van der Waals surface area contributed by atoms with Crippen LogP contribution in [0.4, 0.5) is 23.2 Å². The van der Waals surface area contributed by atoms with Crippen molar-refractivity contribution < 1.29 is 27.0 Å². The summed E-state index contributed by atoms with van der Waals surface area (Å²) < 4.78 is 64.2. The highest BCUT2D eigenvalue weighted by Crippen LogP contribution is 2.43. The number of halogens is 4. The Bertz CT molecular complexity index is 902. The molecule has 1 saturated heterocycles. The molecule has 0 bridgehead atoms. The van der Waals surface area contributed by atoms with Crippen LogP contribution in [0.5, 0.6) is 11.9 Å². The van der Waals surface area contributed by atoms with Gasteiger partial charge in [0.1, 0.15) is 11.8 Å². The van der Waals surface area contributed by atoms with Crippen molar-refractivity contribution >= 4 is 5.69 Å². The molecule has 1 fully saturated rings. The van der Waals surface area contributed by atoms with Gasteiger partial charge in [-0.05, 0) is 6.07 Å². The number of nitrogens with zero attached hydrogens (tertiary/aromatic N) is 6. The molecule has 142 valence electrons. The number of anilines is 1. The van der Waals surface area contributed by atoms with Crippen molar-refractivity contribution in [3.05, 3.63) is 18.0 Å². The maximum Gasteiger partial charge on any atom is 0.329 e. The van der Waals surface area contributed by atoms with Crippen LogP contribution in [0.2, 0.25) is 0 Å². The van der Waals surface area contributed by atoms with Gasteiger partial charge in [0.25, 0.3) is 0 Å². The molecular weight excluding hydrogens is 372 g/mol. The van der Waals surface area contributed by atoms with Crippen molar-refractivity contribution in [2.75, 3.05) is 32.2 Å². The Labute approximate surface area is 150 Å². The summed E-state index contributed by atoms with van der Waals surface area (Å²) in [5.41, 5.74) is -0.283. The Balaban J connectivity index is 2.07. The first-order chi connectivity index (χ1) is 12.7. The minimum absolute atomic E-state index is 0.0104. The number of alkyl halides is 4. The molecule has 1 aliphatic rings. The van der Waals surface area contributed by atoms with E-state index in [1.165, 1.54) is 26.5 Å². The third-order valence-corrected chi connectivity index (χ3v) is 3.92. The van der Waals surface area contributed by atoms with Gasteiger partial charge >= 0.3 is 17.9 Å². The van der Waals surface area contributed by atoms with Crippen molar-refractivity contribution in [2.24, 2.45) is 0 Å². The predicted octanol–water partition coefficient (Wildman–Crippen LogP) is 1.91. The van der Waals surface area contributed by atoms with E-state index >= 15 is 0 Å². The van der Waals surface area contributed by atoms with Crippen LogP contribution in [0.1, 0.15) is 5.69 Å². The highest BCUT2D eigenvalue weighted by atomic mass is 19.3. The van der Waals surface area contributed by atoms with Crippen molar-refractivity contribution in [3.8, 4) is 29.2 Å². The fourth-order valence-electron chi connectivity index (χ4n) is 2.55. The number of nitriles is 1. The molecule has 3 rings (SSSR count). The summed E-state index contributed by atoms with van der Waals surface area (Å²) >= 11 is 0. The lowest BCUT2D eigenvalue weighted by molar-refractivity contribution is -0.172. The van der Waals surface area contributed by atoms with E-state index in [9.17, 15) is 17.6 Å². The quantitative estimate of drug-likeness (QED) is 0.738. The molecule has 1 aliphatic heterocycles. The molecule has 27 heavy (non-hydrogen) atoms. The summed E-state index contributed by atoms with van der Waals surface area (Å²) in [6.45, 7) is -2.51. The standard InChI is InChI=1S/C15H12F4N6O2/c1-26-12-8(5-21-13(22-12)27-2)9-3-11(10(4-20)24-23-9)25-6-14(16,17)15(18,19)7-25/h3,5H,6-7H2,1-2H3. The number of ether oxygens (including phenoxy) is 2.